The Kier molecular flexibility index (Phi) is 5.18. The van der Waals surface area contributed by atoms with E-state index in [1.54, 1.807) is 23.1 Å². The largest absolute Gasteiger partial charge is 0.333 e. The topological polar surface area (TPSA) is 49.4 Å². The molecule has 0 aromatic heterocycles. The van der Waals surface area contributed by atoms with E-state index in [0.29, 0.717) is 28.2 Å². The van der Waals surface area contributed by atoms with Crippen molar-refractivity contribution < 1.29 is 9.59 Å². The van der Waals surface area contributed by atoms with Gasteiger partial charge in [-0.2, -0.15) is 0 Å². The van der Waals surface area contributed by atoms with Gasteiger partial charge in [-0.25, -0.2) is 0 Å². The molecule has 0 aliphatic heterocycles. The first kappa shape index (κ1) is 21.0. The van der Waals surface area contributed by atoms with Gasteiger partial charge in [-0.15, -0.1) is 0 Å². The fourth-order valence-corrected chi connectivity index (χ4v) is 7.81. The summed E-state index contributed by atoms with van der Waals surface area (Å²) in [4.78, 5) is 28.2. The van der Waals surface area contributed by atoms with Crippen molar-refractivity contribution in [1.82, 2.24) is 4.90 Å². The molecule has 0 spiro atoms. The minimum absolute atomic E-state index is 0.0245. The van der Waals surface area contributed by atoms with Crippen LogP contribution in [0.1, 0.15) is 59.3 Å². The van der Waals surface area contributed by atoms with Gasteiger partial charge in [0.25, 0.3) is 0 Å². The SMILES string of the molecule is CCN(CC(=O)Nc1c(Cl)cccc1Cl)C(=O)C12CC3CC(C)(CC(C)(C3)C1)C2. The van der Waals surface area contributed by atoms with Crippen LogP contribution in [0.2, 0.25) is 10.0 Å². The Morgan fingerprint density at radius 1 is 1.07 bits per heavy atom. The first-order valence-corrected chi connectivity index (χ1v) is 11.4. The molecule has 2 unspecified atom stereocenters. The third-order valence-corrected chi connectivity index (χ3v) is 7.94. The Hall–Kier alpha value is -1.26. The molecule has 5 rings (SSSR count). The molecule has 4 aliphatic rings. The lowest BCUT2D eigenvalue weighted by atomic mass is 9.40. The van der Waals surface area contributed by atoms with Gasteiger partial charge in [-0.3, -0.25) is 9.59 Å². The van der Waals surface area contributed by atoms with Crippen LogP contribution in [0, 0.1) is 22.2 Å². The highest BCUT2D eigenvalue weighted by Gasteiger charge is 2.63. The van der Waals surface area contributed by atoms with Crippen LogP contribution < -0.4 is 5.32 Å². The third kappa shape index (κ3) is 3.79. The average Bonchev–Trinajstić information content (AvgIpc) is 2.59. The van der Waals surface area contributed by atoms with Crippen molar-refractivity contribution in [2.24, 2.45) is 22.2 Å². The Bertz CT molecular complexity index is 817. The minimum Gasteiger partial charge on any atom is -0.333 e. The molecule has 2 atom stereocenters. The Morgan fingerprint density at radius 2 is 1.66 bits per heavy atom. The average molecular weight is 437 g/mol. The number of nitrogens with zero attached hydrogens (tertiary/aromatic N) is 1. The number of carbonyl (C=O) groups excluding carboxylic acids is 2. The maximum absolute atomic E-state index is 13.7. The summed E-state index contributed by atoms with van der Waals surface area (Å²) in [5.74, 6) is 0.527. The van der Waals surface area contributed by atoms with Crippen molar-refractivity contribution in [2.45, 2.75) is 59.3 Å². The van der Waals surface area contributed by atoms with E-state index in [0.717, 1.165) is 19.3 Å². The van der Waals surface area contributed by atoms with Crippen LogP contribution in [-0.2, 0) is 9.59 Å². The van der Waals surface area contributed by atoms with Gasteiger partial charge in [-0.1, -0.05) is 43.1 Å². The minimum atomic E-state index is -0.304. The van der Waals surface area contributed by atoms with E-state index in [2.05, 4.69) is 19.2 Å². The summed E-state index contributed by atoms with van der Waals surface area (Å²) < 4.78 is 0. The lowest BCUT2D eigenvalue weighted by Gasteiger charge is -2.65. The molecule has 0 saturated heterocycles. The van der Waals surface area contributed by atoms with Crippen LogP contribution in [0.5, 0.6) is 0 Å². The zero-order chi connectivity index (χ0) is 21.0. The molecule has 1 N–H and O–H groups in total. The Morgan fingerprint density at radius 3 is 2.17 bits per heavy atom. The van der Waals surface area contributed by atoms with Crippen molar-refractivity contribution in [3.8, 4) is 0 Å². The third-order valence-electron chi connectivity index (χ3n) is 7.31. The van der Waals surface area contributed by atoms with E-state index >= 15 is 0 Å². The summed E-state index contributed by atoms with van der Waals surface area (Å²) in [6.45, 7) is 7.21. The molecular formula is C23H30Cl2N2O2. The number of para-hydroxylation sites is 1. The second-order valence-electron chi connectivity index (χ2n) is 10.4. The van der Waals surface area contributed by atoms with Gasteiger partial charge in [0.2, 0.25) is 11.8 Å². The van der Waals surface area contributed by atoms with E-state index < -0.39 is 0 Å². The first-order valence-electron chi connectivity index (χ1n) is 10.6. The van der Waals surface area contributed by atoms with Gasteiger partial charge in [0, 0.05) is 6.54 Å². The molecule has 4 bridgehead atoms. The zero-order valence-electron chi connectivity index (χ0n) is 17.5. The molecule has 4 fully saturated rings. The van der Waals surface area contributed by atoms with E-state index in [4.69, 9.17) is 23.2 Å². The lowest BCUT2D eigenvalue weighted by molar-refractivity contribution is -0.179. The predicted molar refractivity (Wildman–Crippen MR) is 117 cm³/mol. The van der Waals surface area contributed by atoms with Gasteiger partial charge < -0.3 is 10.2 Å². The second kappa shape index (κ2) is 7.16. The van der Waals surface area contributed by atoms with Crippen molar-refractivity contribution >= 4 is 40.7 Å². The summed E-state index contributed by atoms with van der Waals surface area (Å²) in [6.07, 6.45) is 6.61. The number of hydrogen-bond acceptors (Lipinski definition) is 2. The maximum Gasteiger partial charge on any atom is 0.244 e. The molecule has 0 heterocycles. The van der Waals surface area contributed by atoms with E-state index in [1.807, 2.05) is 6.92 Å². The van der Waals surface area contributed by atoms with E-state index in [-0.39, 0.29) is 34.6 Å². The highest BCUT2D eigenvalue weighted by molar-refractivity contribution is 6.39. The lowest BCUT2D eigenvalue weighted by Crippen LogP contribution is -2.60. The van der Waals surface area contributed by atoms with Crippen molar-refractivity contribution in [1.29, 1.82) is 0 Å². The van der Waals surface area contributed by atoms with Gasteiger partial charge in [-0.05, 0) is 74.3 Å². The fraction of sp³-hybridized carbons (Fsp3) is 0.652. The van der Waals surface area contributed by atoms with Gasteiger partial charge >= 0.3 is 0 Å². The predicted octanol–water partition coefficient (Wildman–Crippen LogP) is 5.78. The number of nitrogens with one attached hydrogen (secondary N) is 1. The normalized spacial score (nSPS) is 34.9. The van der Waals surface area contributed by atoms with Crippen molar-refractivity contribution in [3.63, 3.8) is 0 Å². The molecule has 0 radical (unpaired) electrons. The molecule has 6 heteroatoms. The summed E-state index contributed by atoms with van der Waals surface area (Å²) in [6, 6.07) is 5.10. The molecule has 4 saturated carbocycles. The number of rotatable bonds is 5. The number of likely N-dealkylation sites (N-methyl/N-ethyl adjacent to an activating group) is 1. The number of amides is 2. The van der Waals surface area contributed by atoms with E-state index in [9.17, 15) is 9.59 Å². The van der Waals surface area contributed by atoms with E-state index in [1.165, 1.54) is 19.3 Å². The van der Waals surface area contributed by atoms with Crippen LogP contribution >= 0.6 is 23.2 Å². The number of halogens is 2. The standard InChI is InChI=1S/C23H30Cl2N2O2/c1-4-27(11-18(28)26-19-16(24)6-5-7-17(19)25)20(29)23-10-15-8-21(2,13-23)12-22(3,9-15)14-23/h5-7,15H,4,8-14H2,1-3H3,(H,26,28). The molecule has 29 heavy (non-hydrogen) atoms. The molecule has 1 aromatic carbocycles. The summed E-state index contributed by atoms with van der Waals surface area (Å²) in [5, 5.41) is 3.57. The molecule has 4 nitrogen and oxygen atoms in total. The summed E-state index contributed by atoms with van der Waals surface area (Å²) >= 11 is 12.3. The molecule has 2 amide bonds. The van der Waals surface area contributed by atoms with Gasteiger partial charge in [0.1, 0.15) is 0 Å². The smallest absolute Gasteiger partial charge is 0.244 e. The zero-order valence-corrected chi connectivity index (χ0v) is 19.0. The van der Waals surface area contributed by atoms with Gasteiger partial charge in [0.05, 0.1) is 27.7 Å². The van der Waals surface area contributed by atoms with Crippen LogP contribution in [0.3, 0.4) is 0 Å². The number of benzene rings is 1. The Balaban J connectivity index is 1.51. The van der Waals surface area contributed by atoms with Crippen LogP contribution in [0.15, 0.2) is 18.2 Å². The molecular weight excluding hydrogens is 407 g/mol. The second-order valence-corrected chi connectivity index (χ2v) is 11.2. The number of anilines is 1. The fourth-order valence-electron chi connectivity index (χ4n) is 7.32. The monoisotopic (exact) mass is 436 g/mol. The number of carbonyl (C=O) groups is 2. The van der Waals surface area contributed by atoms with Crippen LogP contribution in [0.4, 0.5) is 5.69 Å². The van der Waals surface area contributed by atoms with Crippen molar-refractivity contribution in [2.75, 3.05) is 18.4 Å². The highest BCUT2D eigenvalue weighted by Crippen LogP contribution is 2.69. The first-order chi connectivity index (χ1) is 13.6. The molecule has 1 aromatic rings. The Labute approximate surface area is 183 Å². The maximum atomic E-state index is 13.7. The summed E-state index contributed by atoms with van der Waals surface area (Å²) in [5.41, 5.74) is 0.619. The van der Waals surface area contributed by atoms with Crippen LogP contribution in [0.25, 0.3) is 0 Å². The van der Waals surface area contributed by atoms with Crippen molar-refractivity contribution in [3.05, 3.63) is 28.2 Å². The summed E-state index contributed by atoms with van der Waals surface area (Å²) in [7, 11) is 0. The number of hydrogen-bond donors (Lipinski definition) is 1. The highest BCUT2D eigenvalue weighted by atomic mass is 35.5. The van der Waals surface area contributed by atoms with Gasteiger partial charge in [0.15, 0.2) is 0 Å². The van der Waals surface area contributed by atoms with Crippen LogP contribution in [-0.4, -0.2) is 29.8 Å². The quantitative estimate of drug-likeness (QED) is 0.635. The molecule has 4 aliphatic carbocycles. The molecule has 158 valence electrons.